The van der Waals surface area contributed by atoms with E-state index in [-0.39, 0.29) is 30.2 Å². The number of ether oxygens (including phenoxy) is 1. The monoisotopic (exact) mass is 574 g/mol. The molecule has 43 heavy (non-hydrogen) atoms. The molecule has 1 N–H and O–H groups in total. The summed E-state index contributed by atoms with van der Waals surface area (Å²) in [4.78, 5) is 30.6. The molecular formula is C38H42N2O3. The number of benzene rings is 4. The van der Waals surface area contributed by atoms with Crippen LogP contribution >= 0.6 is 0 Å². The van der Waals surface area contributed by atoms with Gasteiger partial charge < -0.3 is 15.0 Å². The van der Waals surface area contributed by atoms with Crippen LogP contribution in [0, 0.1) is 0 Å². The maximum Gasteiger partial charge on any atom is 0.243 e. The van der Waals surface area contributed by atoms with Gasteiger partial charge in [0.25, 0.3) is 0 Å². The van der Waals surface area contributed by atoms with Gasteiger partial charge in [0, 0.05) is 31.3 Å². The number of nitrogens with one attached hydrogen (secondary N) is 1. The Kier molecular flexibility index (Phi) is 10.6. The lowest BCUT2D eigenvalue weighted by molar-refractivity contribution is -0.141. The molecule has 222 valence electrons. The molecule has 1 aliphatic carbocycles. The maximum absolute atomic E-state index is 14.6. The molecule has 0 heterocycles. The van der Waals surface area contributed by atoms with Crippen molar-refractivity contribution in [3.05, 3.63) is 138 Å². The minimum atomic E-state index is -0.657. The molecule has 1 saturated carbocycles. The summed E-state index contributed by atoms with van der Waals surface area (Å²) in [6.45, 7) is 0.307. The highest BCUT2D eigenvalue weighted by Gasteiger charge is 2.33. The van der Waals surface area contributed by atoms with Crippen LogP contribution in [-0.2, 0) is 22.6 Å². The van der Waals surface area contributed by atoms with E-state index in [0.29, 0.717) is 13.0 Å². The second-order valence-electron chi connectivity index (χ2n) is 11.5. The molecule has 1 aliphatic rings. The average molecular weight is 575 g/mol. The highest BCUT2D eigenvalue weighted by molar-refractivity contribution is 5.88. The Morgan fingerprint density at radius 1 is 0.767 bits per heavy atom. The normalized spacial score (nSPS) is 14.2. The third-order valence-corrected chi connectivity index (χ3v) is 8.49. The lowest BCUT2D eigenvalue weighted by Crippen LogP contribution is -2.53. The van der Waals surface area contributed by atoms with Gasteiger partial charge in [-0.3, -0.25) is 9.59 Å². The van der Waals surface area contributed by atoms with E-state index in [9.17, 15) is 9.59 Å². The first kappa shape index (κ1) is 30.1. The zero-order chi connectivity index (χ0) is 29.9. The van der Waals surface area contributed by atoms with Crippen LogP contribution in [0.2, 0.25) is 0 Å². The summed E-state index contributed by atoms with van der Waals surface area (Å²) in [7, 11) is 1.64. The summed E-state index contributed by atoms with van der Waals surface area (Å²) in [6.07, 6.45) is 6.11. The third kappa shape index (κ3) is 8.35. The average Bonchev–Trinajstić information content (AvgIpc) is 3.07. The molecule has 1 atom stereocenters. The molecule has 0 saturated heterocycles. The molecule has 0 aromatic heterocycles. The molecule has 1 fully saturated rings. The minimum absolute atomic E-state index is 0.0553. The predicted octanol–water partition coefficient (Wildman–Crippen LogP) is 7.31. The molecule has 0 radical (unpaired) electrons. The van der Waals surface area contributed by atoms with E-state index < -0.39 is 6.04 Å². The van der Waals surface area contributed by atoms with E-state index in [1.165, 1.54) is 6.42 Å². The zero-order valence-corrected chi connectivity index (χ0v) is 25.0. The molecule has 4 aromatic carbocycles. The molecule has 1 unspecified atom stereocenters. The molecule has 5 rings (SSSR count). The standard InChI is InChI=1S/C38H42N2O3/c1-43-34-24-14-17-30(25-34)28-40(37(41)27-35(31-18-8-3-9-19-31)32-20-10-4-11-21-32)36(26-29-15-6-2-7-16-29)38(42)39-33-22-12-5-13-23-33/h2-4,6-11,14-21,24-25,33,35-36H,5,12-13,22-23,26-28H2,1H3,(H,39,42). The van der Waals surface area contributed by atoms with Crippen molar-refractivity contribution in [3.63, 3.8) is 0 Å². The third-order valence-electron chi connectivity index (χ3n) is 8.49. The van der Waals surface area contributed by atoms with E-state index in [0.717, 1.165) is 53.7 Å². The van der Waals surface area contributed by atoms with Crippen molar-refractivity contribution in [2.45, 2.75) is 69.5 Å². The number of amides is 2. The summed E-state index contributed by atoms with van der Waals surface area (Å²) in [6, 6.07) is 37.6. The van der Waals surface area contributed by atoms with E-state index in [4.69, 9.17) is 4.74 Å². The molecule has 5 nitrogen and oxygen atoms in total. The second-order valence-corrected chi connectivity index (χ2v) is 11.5. The highest BCUT2D eigenvalue weighted by Crippen LogP contribution is 2.30. The van der Waals surface area contributed by atoms with E-state index >= 15 is 0 Å². The zero-order valence-electron chi connectivity index (χ0n) is 25.0. The van der Waals surface area contributed by atoms with Crippen molar-refractivity contribution in [1.82, 2.24) is 10.2 Å². The van der Waals surface area contributed by atoms with Crippen molar-refractivity contribution in [2.24, 2.45) is 0 Å². The van der Waals surface area contributed by atoms with Crippen LogP contribution in [-0.4, -0.2) is 35.9 Å². The lowest BCUT2D eigenvalue weighted by atomic mass is 9.87. The Bertz CT molecular complexity index is 1400. The molecule has 0 spiro atoms. The van der Waals surface area contributed by atoms with Gasteiger partial charge in [0.2, 0.25) is 11.8 Å². The Labute approximate surface area is 255 Å². The molecule has 0 bridgehead atoms. The first-order valence-corrected chi connectivity index (χ1v) is 15.5. The molecule has 2 amide bonds. The Morgan fingerprint density at radius 3 is 1.95 bits per heavy atom. The quantitative estimate of drug-likeness (QED) is 0.193. The van der Waals surface area contributed by atoms with Crippen molar-refractivity contribution >= 4 is 11.8 Å². The fourth-order valence-corrected chi connectivity index (χ4v) is 6.16. The predicted molar refractivity (Wildman–Crippen MR) is 172 cm³/mol. The summed E-state index contributed by atoms with van der Waals surface area (Å²) in [5, 5.41) is 3.34. The summed E-state index contributed by atoms with van der Waals surface area (Å²) < 4.78 is 5.50. The highest BCUT2D eigenvalue weighted by atomic mass is 16.5. The smallest absolute Gasteiger partial charge is 0.243 e. The van der Waals surface area contributed by atoms with Crippen molar-refractivity contribution in [1.29, 1.82) is 0 Å². The van der Waals surface area contributed by atoms with Gasteiger partial charge in [-0.05, 0) is 47.2 Å². The number of rotatable bonds is 12. The van der Waals surface area contributed by atoms with E-state index in [1.54, 1.807) is 12.0 Å². The number of methoxy groups -OCH3 is 1. The van der Waals surface area contributed by atoms with Crippen LogP contribution in [0.25, 0.3) is 0 Å². The summed E-state index contributed by atoms with van der Waals surface area (Å²) >= 11 is 0. The van der Waals surface area contributed by atoms with Crippen molar-refractivity contribution < 1.29 is 14.3 Å². The van der Waals surface area contributed by atoms with Gasteiger partial charge in [0.15, 0.2) is 0 Å². The molecular weight excluding hydrogens is 532 g/mol. The molecule has 5 heteroatoms. The second kappa shape index (κ2) is 15.2. The van der Waals surface area contributed by atoms with Gasteiger partial charge in [-0.2, -0.15) is 0 Å². The largest absolute Gasteiger partial charge is 0.497 e. The van der Waals surface area contributed by atoms with Gasteiger partial charge in [-0.25, -0.2) is 0 Å². The van der Waals surface area contributed by atoms with Crippen LogP contribution in [0.15, 0.2) is 115 Å². The van der Waals surface area contributed by atoms with Crippen LogP contribution in [0.4, 0.5) is 0 Å². The molecule has 4 aromatic rings. The number of hydrogen-bond donors (Lipinski definition) is 1. The van der Waals surface area contributed by atoms with Gasteiger partial charge in [-0.15, -0.1) is 0 Å². The van der Waals surface area contributed by atoms with Gasteiger partial charge in [-0.1, -0.05) is 122 Å². The Morgan fingerprint density at radius 2 is 1.35 bits per heavy atom. The van der Waals surface area contributed by atoms with Gasteiger partial charge in [0.1, 0.15) is 11.8 Å². The van der Waals surface area contributed by atoms with Crippen molar-refractivity contribution in [3.8, 4) is 5.75 Å². The number of carbonyl (C=O) groups is 2. The van der Waals surface area contributed by atoms with Gasteiger partial charge >= 0.3 is 0 Å². The van der Waals surface area contributed by atoms with E-state index in [2.05, 4.69) is 29.6 Å². The number of nitrogens with zero attached hydrogens (tertiary/aromatic N) is 1. The van der Waals surface area contributed by atoms with Gasteiger partial charge in [0.05, 0.1) is 7.11 Å². The first-order valence-electron chi connectivity index (χ1n) is 15.5. The fraction of sp³-hybridized carbons (Fsp3) is 0.316. The topological polar surface area (TPSA) is 58.6 Å². The number of carbonyl (C=O) groups excluding carboxylic acids is 2. The molecule has 0 aliphatic heterocycles. The summed E-state index contributed by atoms with van der Waals surface area (Å²) in [5.74, 6) is 0.451. The maximum atomic E-state index is 14.6. The summed E-state index contributed by atoms with van der Waals surface area (Å²) in [5.41, 5.74) is 4.11. The SMILES string of the molecule is COc1cccc(CN(C(=O)CC(c2ccccc2)c2ccccc2)C(Cc2ccccc2)C(=O)NC2CCCCC2)c1. The van der Waals surface area contributed by atoms with Crippen LogP contribution in [0.1, 0.15) is 66.7 Å². The minimum Gasteiger partial charge on any atom is -0.497 e. The first-order chi connectivity index (χ1) is 21.1. The fourth-order valence-electron chi connectivity index (χ4n) is 6.16. The van der Waals surface area contributed by atoms with E-state index in [1.807, 2.05) is 91.0 Å². The van der Waals surface area contributed by atoms with Crippen LogP contribution in [0.3, 0.4) is 0 Å². The van der Waals surface area contributed by atoms with Crippen LogP contribution < -0.4 is 10.1 Å². The van der Waals surface area contributed by atoms with Crippen molar-refractivity contribution in [2.75, 3.05) is 7.11 Å². The van der Waals surface area contributed by atoms with Crippen LogP contribution in [0.5, 0.6) is 5.75 Å². The number of hydrogen-bond acceptors (Lipinski definition) is 3. The lowest BCUT2D eigenvalue weighted by Gasteiger charge is -2.34. The Hall–Kier alpha value is -4.38. The Balaban J connectivity index is 1.51.